The van der Waals surface area contributed by atoms with Crippen LogP contribution in [0.5, 0.6) is 0 Å². The smallest absolute Gasteiger partial charge is 0.269 e. The van der Waals surface area contributed by atoms with Gasteiger partial charge >= 0.3 is 0 Å². The summed E-state index contributed by atoms with van der Waals surface area (Å²) in [6, 6.07) is 14.6. The molecule has 0 aliphatic carbocycles. The Bertz CT molecular complexity index is 781. The molecule has 0 bridgehead atoms. The zero-order valence-electron chi connectivity index (χ0n) is 11.1. The monoisotopic (exact) mass is 299 g/mol. The Balaban J connectivity index is 1.80. The lowest BCUT2D eigenvalue weighted by molar-refractivity contribution is -0.384. The minimum Gasteiger partial charge on any atom is -0.398 e. The highest BCUT2D eigenvalue weighted by Crippen LogP contribution is 2.29. The molecule has 3 rings (SSSR count). The fourth-order valence-electron chi connectivity index (χ4n) is 2.11. The molecule has 0 fully saturated rings. The third-order valence-electron chi connectivity index (χ3n) is 3.23. The van der Waals surface area contributed by atoms with Gasteiger partial charge < -0.3 is 10.7 Å². The van der Waals surface area contributed by atoms with Crippen LogP contribution in [0.1, 0.15) is 5.56 Å². The fraction of sp³-hybridized carbons (Fsp3) is 0.0667. The molecule has 21 heavy (non-hydrogen) atoms. The zero-order chi connectivity index (χ0) is 14.8. The number of rotatable bonds is 4. The van der Waals surface area contributed by atoms with Crippen molar-refractivity contribution in [3.63, 3.8) is 0 Å². The molecule has 3 aromatic rings. The van der Waals surface area contributed by atoms with Crippen LogP contribution in [-0.2, 0) is 5.75 Å². The summed E-state index contributed by atoms with van der Waals surface area (Å²) in [5.74, 6) is 0.584. The van der Waals surface area contributed by atoms with Crippen molar-refractivity contribution in [1.29, 1.82) is 0 Å². The summed E-state index contributed by atoms with van der Waals surface area (Å²) in [6.45, 7) is 0. The van der Waals surface area contributed by atoms with Crippen molar-refractivity contribution in [2.24, 2.45) is 0 Å². The molecule has 0 saturated heterocycles. The number of aromatic amines is 1. The van der Waals surface area contributed by atoms with E-state index in [0.717, 1.165) is 21.5 Å². The van der Waals surface area contributed by atoms with Crippen molar-refractivity contribution >= 4 is 34.0 Å². The van der Waals surface area contributed by atoms with Gasteiger partial charge in [-0.25, -0.2) is 0 Å². The SMILES string of the molecule is Nc1ccc([N+](=O)[O-])cc1CSc1cc2ccccc2[nH]1. The Hall–Kier alpha value is -2.47. The minimum absolute atomic E-state index is 0.0662. The number of nitro benzene ring substituents is 1. The van der Waals surface area contributed by atoms with Gasteiger partial charge in [0.25, 0.3) is 5.69 Å². The lowest BCUT2D eigenvalue weighted by atomic mass is 10.2. The average Bonchev–Trinajstić information content (AvgIpc) is 2.89. The van der Waals surface area contributed by atoms with Crippen LogP contribution >= 0.6 is 11.8 Å². The number of nitrogens with zero attached hydrogens (tertiary/aromatic N) is 1. The van der Waals surface area contributed by atoms with E-state index in [2.05, 4.69) is 11.1 Å². The van der Waals surface area contributed by atoms with Crippen LogP contribution < -0.4 is 5.73 Å². The van der Waals surface area contributed by atoms with E-state index in [1.165, 1.54) is 12.1 Å². The largest absolute Gasteiger partial charge is 0.398 e. The molecular formula is C15H13N3O2S. The maximum absolute atomic E-state index is 10.8. The highest BCUT2D eigenvalue weighted by atomic mass is 32.2. The molecular weight excluding hydrogens is 286 g/mol. The summed E-state index contributed by atoms with van der Waals surface area (Å²) in [5, 5.41) is 13.0. The number of non-ortho nitro benzene ring substituents is 1. The molecule has 0 radical (unpaired) electrons. The van der Waals surface area contributed by atoms with Gasteiger partial charge in [-0.15, -0.1) is 11.8 Å². The van der Waals surface area contributed by atoms with Crippen molar-refractivity contribution in [3.8, 4) is 0 Å². The number of para-hydroxylation sites is 1. The highest BCUT2D eigenvalue weighted by molar-refractivity contribution is 7.98. The van der Waals surface area contributed by atoms with Crippen LogP contribution in [0.3, 0.4) is 0 Å². The molecule has 1 heterocycles. The van der Waals surface area contributed by atoms with Gasteiger partial charge in [0.1, 0.15) is 0 Å². The fourth-order valence-corrected chi connectivity index (χ4v) is 3.06. The number of hydrogen-bond donors (Lipinski definition) is 2. The van der Waals surface area contributed by atoms with E-state index in [1.807, 2.05) is 24.3 Å². The van der Waals surface area contributed by atoms with Crippen LogP contribution in [0.2, 0.25) is 0 Å². The van der Waals surface area contributed by atoms with E-state index in [9.17, 15) is 10.1 Å². The third-order valence-corrected chi connectivity index (χ3v) is 4.21. The lowest BCUT2D eigenvalue weighted by Gasteiger charge is -2.04. The van der Waals surface area contributed by atoms with Crippen molar-refractivity contribution in [2.45, 2.75) is 10.8 Å². The van der Waals surface area contributed by atoms with E-state index < -0.39 is 4.92 Å². The quantitative estimate of drug-likeness (QED) is 0.330. The van der Waals surface area contributed by atoms with Gasteiger partial charge in [0.15, 0.2) is 0 Å². The van der Waals surface area contributed by atoms with Gasteiger partial charge in [-0.05, 0) is 23.8 Å². The Morgan fingerprint density at radius 2 is 2.00 bits per heavy atom. The first kappa shape index (κ1) is 13.5. The van der Waals surface area contributed by atoms with E-state index in [0.29, 0.717) is 11.4 Å². The van der Waals surface area contributed by atoms with Crippen molar-refractivity contribution in [1.82, 2.24) is 4.98 Å². The number of thioether (sulfide) groups is 1. The molecule has 0 atom stereocenters. The summed E-state index contributed by atoms with van der Waals surface area (Å²) in [4.78, 5) is 13.7. The van der Waals surface area contributed by atoms with Crippen LogP contribution in [-0.4, -0.2) is 9.91 Å². The first-order chi connectivity index (χ1) is 10.1. The molecule has 0 unspecified atom stereocenters. The number of aromatic nitrogens is 1. The van der Waals surface area contributed by atoms with Crippen LogP contribution in [0, 0.1) is 10.1 Å². The number of benzene rings is 2. The molecule has 0 amide bonds. The first-order valence-electron chi connectivity index (χ1n) is 6.37. The maximum atomic E-state index is 10.8. The molecule has 6 heteroatoms. The minimum atomic E-state index is -0.406. The molecule has 106 valence electrons. The molecule has 5 nitrogen and oxygen atoms in total. The van der Waals surface area contributed by atoms with E-state index in [-0.39, 0.29) is 5.69 Å². The number of anilines is 1. The molecule has 0 aliphatic rings. The molecule has 0 spiro atoms. The Labute approximate surface area is 125 Å². The normalized spacial score (nSPS) is 10.9. The number of H-pyrrole nitrogens is 1. The van der Waals surface area contributed by atoms with Gasteiger partial charge in [-0.1, -0.05) is 18.2 Å². The van der Waals surface area contributed by atoms with Gasteiger partial charge in [0.2, 0.25) is 0 Å². The number of nitrogens with two attached hydrogens (primary N) is 1. The second kappa shape index (κ2) is 5.49. The number of fused-ring (bicyclic) bond motifs is 1. The molecule has 2 aromatic carbocycles. The van der Waals surface area contributed by atoms with Crippen LogP contribution in [0.25, 0.3) is 10.9 Å². The van der Waals surface area contributed by atoms with Gasteiger partial charge in [-0.3, -0.25) is 10.1 Å². The second-order valence-corrected chi connectivity index (χ2v) is 5.67. The Morgan fingerprint density at radius 3 is 2.76 bits per heavy atom. The average molecular weight is 299 g/mol. The number of nitro groups is 1. The molecule has 1 aromatic heterocycles. The van der Waals surface area contributed by atoms with Crippen molar-refractivity contribution in [3.05, 3.63) is 64.2 Å². The third kappa shape index (κ3) is 2.85. The predicted octanol–water partition coefficient (Wildman–Crippen LogP) is 3.95. The molecule has 0 aliphatic heterocycles. The van der Waals surface area contributed by atoms with E-state index >= 15 is 0 Å². The van der Waals surface area contributed by atoms with Gasteiger partial charge in [0.05, 0.1) is 9.95 Å². The van der Waals surface area contributed by atoms with Gasteiger partial charge in [0, 0.05) is 34.5 Å². The van der Waals surface area contributed by atoms with E-state index in [4.69, 9.17) is 5.73 Å². The molecule has 3 N–H and O–H groups in total. The topological polar surface area (TPSA) is 84.9 Å². The van der Waals surface area contributed by atoms with Crippen LogP contribution in [0.4, 0.5) is 11.4 Å². The maximum Gasteiger partial charge on any atom is 0.269 e. The van der Waals surface area contributed by atoms with Gasteiger partial charge in [-0.2, -0.15) is 0 Å². The summed E-state index contributed by atoms with van der Waals surface area (Å²) < 4.78 is 0. The van der Waals surface area contributed by atoms with Crippen molar-refractivity contribution in [2.75, 3.05) is 5.73 Å². The predicted molar refractivity (Wildman–Crippen MR) is 85.4 cm³/mol. The van der Waals surface area contributed by atoms with Crippen LogP contribution in [0.15, 0.2) is 53.6 Å². The molecule has 0 saturated carbocycles. The van der Waals surface area contributed by atoms with E-state index in [1.54, 1.807) is 17.8 Å². The Morgan fingerprint density at radius 1 is 1.19 bits per heavy atom. The summed E-state index contributed by atoms with van der Waals surface area (Å²) >= 11 is 1.58. The standard InChI is InChI=1S/C15H13N3O2S/c16-13-6-5-12(18(19)20)7-11(13)9-21-15-8-10-3-1-2-4-14(10)17-15/h1-8,17H,9,16H2. The second-order valence-electron chi connectivity index (χ2n) is 4.65. The number of nitrogens with one attached hydrogen (secondary N) is 1. The summed E-state index contributed by atoms with van der Waals surface area (Å²) in [7, 11) is 0. The number of nitrogen functional groups attached to an aromatic ring is 1. The first-order valence-corrected chi connectivity index (χ1v) is 7.35. The zero-order valence-corrected chi connectivity index (χ0v) is 11.9. The summed E-state index contributed by atoms with van der Waals surface area (Å²) in [5.41, 5.74) is 8.37. The number of hydrogen-bond acceptors (Lipinski definition) is 4. The lowest BCUT2D eigenvalue weighted by Crippen LogP contribution is -1.95. The highest BCUT2D eigenvalue weighted by Gasteiger charge is 2.10. The Kier molecular flexibility index (Phi) is 3.53. The summed E-state index contributed by atoms with van der Waals surface area (Å²) in [6.07, 6.45) is 0. The van der Waals surface area contributed by atoms with Crippen molar-refractivity contribution < 1.29 is 4.92 Å².